The van der Waals surface area contributed by atoms with E-state index in [-0.39, 0.29) is 11.0 Å². The van der Waals surface area contributed by atoms with Crippen molar-refractivity contribution in [1.29, 1.82) is 0 Å². The van der Waals surface area contributed by atoms with Crippen molar-refractivity contribution in [2.75, 3.05) is 5.32 Å². The van der Waals surface area contributed by atoms with E-state index < -0.39 is 15.9 Å². The third kappa shape index (κ3) is 6.06. The van der Waals surface area contributed by atoms with Gasteiger partial charge in [-0.15, -0.1) is 0 Å². The van der Waals surface area contributed by atoms with E-state index in [9.17, 15) is 4.79 Å². The lowest BCUT2D eigenvalue weighted by Gasteiger charge is -2.29. The van der Waals surface area contributed by atoms with Crippen LogP contribution >= 0.6 is 47.0 Å². The first-order chi connectivity index (χ1) is 14.3. The number of halogens is 3. The van der Waals surface area contributed by atoms with E-state index >= 15 is 0 Å². The van der Waals surface area contributed by atoms with E-state index in [1.807, 2.05) is 60.7 Å². The van der Waals surface area contributed by atoms with Gasteiger partial charge in [-0.3, -0.25) is 4.79 Å². The molecule has 1 atom stereocenters. The molecule has 0 radical (unpaired) electrons. The van der Waals surface area contributed by atoms with Gasteiger partial charge in [0.2, 0.25) is 15.6 Å². The second-order valence-corrected chi connectivity index (χ2v) is 8.95. The van der Waals surface area contributed by atoms with Crippen molar-refractivity contribution in [3.63, 3.8) is 0 Å². The molecule has 0 aliphatic carbocycles. The lowest BCUT2D eigenvalue weighted by Crippen LogP contribution is -2.57. The molecule has 0 aliphatic rings. The van der Waals surface area contributed by atoms with E-state index in [4.69, 9.17) is 47.0 Å². The van der Waals surface area contributed by atoms with Gasteiger partial charge in [-0.05, 0) is 23.3 Å². The monoisotopic (exact) mass is 482 g/mol. The average Bonchev–Trinajstić information content (AvgIpc) is 3.21. The van der Waals surface area contributed by atoms with Crippen molar-refractivity contribution >= 4 is 64.0 Å². The van der Waals surface area contributed by atoms with Crippen molar-refractivity contribution in [2.45, 2.75) is 15.9 Å². The normalized spacial score (nSPS) is 12.3. The minimum atomic E-state index is -1.89. The number of hydrogen-bond acceptors (Lipinski definition) is 4. The molecule has 3 rings (SSSR count). The molecule has 3 aromatic rings. The number of anilines is 1. The number of aromatic nitrogens is 3. The zero-order chi connectivity index (χ0) is 21.6. The second kappa shape index (κ2) is 10.1. The molecular weight excluding hydrogens is 467 g/mol. The summed E-state index contributed by atoms with van der Waals surface area (Å²) in [5.41, 5.74) is 1.60. The lowest BCUT2D eigenvalue weighted by atomic mass is 9.90. The molecule has 7 nitrogen and oxygen atoms in total. The molecule has 0 saturated carbocycles. The second-order valence-electron chi connectivity index (χ2n) is 6.17. The molecule has 0 saturated heterocycles. The van der Waals surface area contributed by atoms with Crippen LogP contribution in [0, 0.1) is 0 Å². The maximum Gasteiger partial charge on any atom is 0.233 e. The maximum absolute atomic E-state index is 13.3. The van der Waals surface area contributed by atoms with E-state index in [1.54, 1.807) is 0 Å². The number of alkyl halides is 3. The van der Waals surface area contributed by atoms with Crippen molar-refractivity contribution in [2.24, 2.45) is 0 Å². The molecule has 1 amide bonds. The van der Waals surface area contributed by atoms with Crippen LogP contribution in [0.15, 0.2) is 67.0 Å². The van der Waals surface area contributed by atoms with Crippen LogP contribution in [0.3, 0.4) is 0 Å². The fourth-order valence-electron chi connectivity index (χ4n) is 2.75. The Morgan fingerprint density at radius 3 is 2.00 bits per heavy atom. The molecule has 156 valence electrons. The number of hydrogen-bond donors (Lipinski definition) is 4. The van der Waals surface area contributed by atoms with Gasteiger partial charge >= 0.3 is 0 Å². The SMILES string of the molecule is O=C(N[C@H](NC(=S)Nc1ncn[nH]1)C(Cl)(Cl)Cl)C(c1ccccc1)c1ccccc1. The molecule has 0 bridgehead atoms. The number of thiocarbonyl (C=S) groups is 1. The topological polar surface area (TPSA) is 94.7 Å². The molecule has 1 aromatic heterocycles. The highest BCUT2D eigenvalue weighted by molar-refractivity contribution is 7.80. The zero-order valence-electron chi connectivity index (χ0n) is 15.4. The van der Waals surface area contributed by atoms with Crippen LogP contribution in [0.4, 0.5) is 5.95 Å². The number of amides is 1. The van der Waals surface area contributed by atoms with Gasteiger partial charge in [-0.25, -0.2) is 5.10 Å². The highest BCUT2D eigenvalue weighted by Crippen LogP contribution is 2.31. The Bertz CT molecular complexity index is 927. The van der Waals surface area contributed by atoms with E-state index in [1.165, 1.54) is 6.33 Å². The average molecular weight is 484 g/mol. The summed E-state index contributed by atoms with van der Waals surface area (Å²) in [6, 6.07) is 18.7. The summed E-state index contributed by atoms with van der Waals surface area (Å²) in [4.78, 5) is 17.2. The van der Waals surface area contributed by atoms with Crippen molar-refractivity contribution < 1.29 is 4.79 Å². The third-order valence-electron chi connectivity index (χ3n) is 4.06. The highest BCUT2D eigenvalue weighted by atomic mass is 35.6. The van der Waals surface area contributed by atoms with Gasteiger partial charge in [0.1, 0.15) is 12.5 Å². The van der Waals surface area contributed by atoms with Crippen molar-refractivity contribution in [3.8, 4) is 0 Å². The summed E-state index contributed by atoms with van der Waals surface area (Å²) in [5.74, 6) is -0.674. The predicted octanol–water partition coefficient (Wildman–Crippen LogP) is 3.74. The van der Waals surface area contributed by atoms with Gasteiger partial charge in [0.05, 0.1) is 5.92 Å². The molecule has 0 spiro atoms. The number of aromatic amines is 1. The minimum Gasteiger partial charge on any atom is -0.339 e. The summed E-state index contributed by atoms with van der Waals surface area (Å²) in [6.07, 6.45) is 0.191. The molecule has 0 unspecified atom stereocenters. The molecule has 0 fully saturated rings. The molecule has 11 heteroatoms. The van der Waals surface area contributed by atoms with Gasteiger partial charge in [0.15, 0.2) is 5.11 Å². The van der Waals surface area contributed by atoms with E-state index in [0.29, 0.717) is 5.95 Å². The molecule has 0 aliphatic heterocycles. The Labute approximate surface area is 193 Å². The largest absolute Gasteiger partial charge is 0.339 e. The van der Waals surface area contributed by atoms with Crippen molar-refractivity contribution in [3.05, 3.63) is 78.1 Å². The van der Waals surface area contributed by atoms with Crippen LogP contribution in [-0.4, -0.2) is 36.2 Å². The summed E-state index contributed by atoms with van der Waals surface area (Å²) in [5, 5.41) is 14.7. The predicted molar refractivity (Wildman–Crippen MR) is 123 cm³/mol. The van der Waals surface area contributed by atoms with Gasteiger partial charge in [-0.1, -0.05) is 95.5 Å². The lowest BCUT2D eigenvalue weighted by molar-refractivity contribution is -0.122. The van der Waals surface area contributed by atoms with Gasteiger partial charge in [0, 0.05) is 0 Å². The quantitative estimate of drug-likeness (QED) is 0.242. The Balaban J connectivity index is 1.81. The van der Waals surface area contributed by atoms with Crippen LogP contribution in [0.1, 0.15) is 17.0 Å². The number of nitrogens with one attached hydrogen (secondary N) is 4. The Morgan fingerprint density at radius 2 is 1.53 bits per heavy atom. The number of H-pyrrole nitrogens is 1. The van der Waals surface area contributed by atoms with E-state index in [2.05, 4.69) is 31.1 Å². The fraction of sp³-hybridized carbons (Fsp3) is 0.158. The number of nitrogens with zero attached hydrogens (tertiary/aromatic N) is 2. The zero-order valence-corrected chi connectivity index (χ0v) is 18.4. The Morgan fingerprint density at radius 1 is 0.967 bits per heavy atom. The van der Waals surface area contributed by atoms with E-state index in [0.717, 1.165) is 11.1 Å². The summed E-state index contributed by atoms with van der Waals surface area (Å²) < 4.78 is -1.89. The number of carbonyl (C=O) groups excluding carboxylic acids is 1. The van der Waals surface area contributed by atoms with Gasteiger partial charge in [-0.2, -0.15) is 10.1 Å². The molecular formula is C19H17Cl3N6OS. The standard InChI is InChI=1S/C19H17Cl3N6OS/c20-19(21,22)16(26-18(30)27-17-23-11-24-28-17)25-15(29)14(12-7-3-1-4-8-12)13-9-5-2-6-10-13/h1-11,14,16H,(H,25,29)(H3,23,24,26,27,28,30)/t16-/m1/s1. The first-order valence-corrected chi connectivity index (χ1v) is 10.3. The first-order valence-electron chi connectivity index (χ1n) is 8.74. The third-order valence-corrected chi connectivity index (χ3v) is 4.94. The Kier molecular flexibility index (Phi) is 7.49. The summed E-state index contributed by atoms with van der Waals surface area (Å²) in [6.45, 7) is 0. The summed E-state index contributed by atoms with van der Waals surface area (Å²) in [7, 11) is 0. The van der Waals surface area contributed by atoms with Crippen LogP contribution in [0.25, 0.3) is 0 Å². The summed E-state index contributed by atoms with van der Waals surface area (Å²) >= 11 is 23.5. The molecule has 30 heavy (non-hydrogen) atoms. The van der Waals surface area contributed by atoms with Crippen molar-refractivity contribution in [1.82, 2.24) is 25.8 Å². The maximum atomic E-state index is 13.3. The van der Waals surface area contributed by atoms with Crippen LogP contribution in [0.2, 0.25) is 0 Å². The fourth-order valence-corrected chi connectivity index (χ4v) is 3.29. The van der Waals surface area contributed by atoms with Gasteiger partial charge < -0.3 is 16.0 Å². The van der Waals surface area contributed by atoms with Crippen LogP contribution < -0.4 is 16.0 Å². The van der Waals surface area contributed by atoms with Crippen LogP contribution in [-0.2, 0) is 4.79 Å². The number of carbonyl (C=O) groups is 1. The highest BCUT2D eigenvalue weighted by Gasteiger charge is 2.36. The number of benzene rings is 2. The molecule has 4 N–H and O–H groups in total. The Hall–Kier alpha value is -2.39. The van der Waals surface area contributed by atoms with Crippen LogP contribution in [0.5, 0.6) is 0 Å². The number of rotatable bonds is 6. The van der Waals surface area contributed by atoms with Gasteiger partial charge in [0.25, 0.3) is 0 Å². The molecule has 1 heterocycles. The smallest absolute Gasteiger partial charge is 0.233 e. The first kappa shape index (κ1) is 22.3. The minimum absolute atomic E-state index is 0.0827. The molecule has 2 aromatic carbocycles.